The van der Waals surface area contributed by atoms with Gasteiger partial charge in [-0.1, -0.05) is 30.3 Å². The van der Waals surface area contributed by atoms with Gasteiger partial charge in [0.2, 0.25) is 5.91 Å². The molecule has 0 fully saturated rings. The summed E-state index contributed by atoms with van der Waals surface area (Å²) >= 11 is 0. The number of hydrogen-bond donors (Lipinski definition) is 3. The number of hydrogen-bond acceptors (Lipinski definition) is 7. The number of carbonyl (C=O) groups is 5. The standard InChI is InChI=1S/C37H36F2N4O8/c1-37(2,3)51-34(46)21-43(32(44)20-40-36(49)41-27-10-7-9-23(17-27)35(47)48)28-11-8-12-29(19-28)50-22-33(45)42(4)31-14-6-5-13-30(31)24-15-25(38)18-26(39)16-24/h5-19H,20-22H2,1-4H3,(H,47,48)(H2,40,41,49). The van der Waals surface area contributed by atoms with Crippen LogP contribution >= 0.6 is 0 Å². The zero-order chi connectivity index (χ0) is 37.3. The lowest BCUT2D eigenvalue weighted by Crippen LogP contribution is -2.45. The van der Waals surface area contributed by atoms with Crippen LogP contribution < -0.4 is 25.2 Å². The van der Waals surface area contributed by atoms with E-state index in [9.17, 15) is 37.9 Å². The van der Waals surface area contributed by atoms with Gasteiger partial charge in [0.15, 0.2) is 6.61 Å². The molecule has 0 atom stereocenters. The number of rotatable bonds is 12. The van der Waals surface area contributed by atoms with Gasteiger partial charge in [0.25, 0.3) is 5.91 Å². The fraction of sp³-hybridized carbons (Fsp3) is 0.216. The number of carboxylic acid groups (broad SMARTS) is 1. The Balaban J connectivity index is 1.47. The van der Waals surface area contributed by atoms with Crippen molar-refractivity contribution in [2.24, 2.45) is 0 Å². The van der Waals surface area contributed by atoms with Gasteiger partial charge in [-0.05, 0) is 74.9 Å². The smallest absolute Gasteiger partial charge is 0.335 e. The van der Waals surface area contributed by atoms with Gasteiger partial charge in [-0.2, -0.15) is 0 Å². The van der Waals surface area contributed by atoms with E-state index in [1.54, 1.807) is 45.0 Å². The van der Waals surface area contributed by atoms with E-state index in [2.05, 4.69) is 10.6 Å². The number of urea groups is 1. The van der Waals surface area contributed by atoms with Crippen molar-refractivity contribution in [1.29, 1.82) is 0 Å². The number of carboxylic acids is 1. The Morgan fingerprint density at radius 1 is 0.824 bits per heavy atom. The van der Waals surface area contributed by atoms with Crippen molar-refractivity contribution < 1.29 is 47.3 Å². The van der Waals surface area contributed by atoms with Gasteiger partial charge in [0.1, 0.15) is 29.5 Å². The molecule has 0 saturated heterocycles. The molecular formula is C37H36F2N4O8. The van der Waals surface area contributed by atoms with Crippen molar-refractivity contribution in [3.63, 3.8) is 0 Å². The Bertz CT molecular complexity index is 1930. The first-order valence-corrected chi connectivity index (χ1v) is 15.5. The van der Waals surface area contributed by atoms with Crippen LogP contribution in [0, 0.1) is 11.6 Å². The molecule has 0 aromatic heterocycles. The van der Waals surface area contributed by atoms with Crippen LogP contribution in [-0.4, -0.2) is 67.2 Å². The van der Waals surface area contributed by atoms with Gasteiger partial charge in [-0.3, -0.25) is 19.3 Å². The molecule has 4 amide bonds. The van der Waals surface area contributed by atoms with Gasteiger partial charge < -0.3 is 30.1 Å². The van der Waals surface area contributed by atoms with Crippen LogP contribution in [0.5, 0.6) is 5.75 Å². The molecule has 0 aliphatic heterocycles. The summed E-state index contributed by atoms with van der Waals surface area (Å²) in [6.07, 6.45) is 0. The predicted octanol–water partition coefficient (Wildman–Crippen LogP) is 5.87. The SMILES string of the molecule is CN(C(=O)COc1cccc(N(CC(=O)OC(C)(C)C)C(=O)CNC(=O)Nc2cccc(C(=O)O)c2)c1)c1ccccc1-c1cc(F)cc(F)c1. The summed E-state index contributed by atoms with van der Waals surface area (Å²) in [7, 11) is 1.49. The first-order valence-electron chi connectivity index (χ1n) is 15.5. The van der Waals surface area contributed by atoms with Crippen LogP contribution in [-0.2, 0) is 19.1 Å². The number of nitrogens with zero attached hydrogens (tertiary/aromatic N) is 2. The number of para-hydroxylation sites is 1. The second-order valence-corrected chi connectivity index (χ2v) is 12.2. The minimum absolute atomic E-state index is 0.0479. The Morgan fingerprint density at radius 3 is 2.20 bits per heavy atom. The monoisotopic (exact) mass is 702 g/mol. The van der Waals surface area contributed by atoms with E-state index in [4.69, 9.17) is 9.47 Å². The topological polar surface area (TPSA) is 155 Å². The average molecular weight is 703 g/mol. The number of nitrogens with one attached hydrogen (secondary N) is 2. The van der Waals surface area contributed by atoms with E-state index in [-0.39, 0.29) is 28.3 Å². The highest BCUT2D eigenvalue weighted by Gasteiger charge is 2.25. The fourth-order valence-electron chi connectivity index (χ4n) is 4.82. The number of aromatic carboxylic acids is 1. The average Bonchev–Trinajstić information content (AvgIpc) is 3.07. The summed E-state index contributed by atoms with van der Waals surface area (Å²) in [4.78, 5) is 65.6. The van der Waals surface area contributed by atoms with Crippen LogP contribution in [0.1, 0.15) is 31.1 Å². The summed E-state index contributed by atoms with van der Waals surface area (Å²) < 4.78 is 39.1. The lowest BCUT2D eigenvalue weighted by Gasteiger charge is -2.26. The van der Waals surface area contributed by atoms with Crippen molar-refractivity contribution >= 4 is 46.8 Å². The van der Waals surface area contributed by atoms with E-state index in [0.29, 0.717) is 11.3 Å². The number of amides is 4. The maximum absolute atomic E-state index is 14.0. The maximum Gasteiger partial charge on any atom is 0.335 e. The quantitative estimate of drug-likeness (QED) is 0.155. The Hall–Kier alpha value is -6.31. The number of benzene rings is 4. The molecule has 4 aromatic rings. The van der Waals surface area contributed by atoms with Gasteiger partial charge >= 0.3 is 18.0 Å². The number of likely N-dealkylation sites (N-methyl/N-ethyl adjacent to an activating group) is 1. The van der Waals surface area contributed by atoms with Crippen molar-refractivity contribution in [3.8, 4) is 16.9 Å². The third-order valence-electron chi connectivity index (χ3n) is 7.08. The summed E-state index contributed by atoms with van der Waals surface area (Å²) in [6, 6.07) is 20.4. The van der Waals surface area contributed by atoms with Crippen LogP contribution in [0.2, 0.25) is 0 Å². The van der Waals surface area contributed by atoms with Crippen molar-refractivity contribution in [2.45, 2.75) is 26.4 Å². The molecule has 4 aromatic carbocycles. The molecule has 3 N–H and O–H groups in total. The third-order valence-corrected chi connectivity index (χ3v) is 7.08. The summed E-state index contributed by atoms with van der Waals surface area (Å²) in [5.74, 6) is -4.48. The zero-order valence-electron chi connectivity index (χ0n) is 28.2. The van der Waals surface area contributed by atoms with E-state index in [1.165, 1.54) is 60.5 Å². The van der Waals surface area contributed by atoms with Crippen LogP contribution in [0.25, 0.3) is 11.1 Å². The van der Waals surface area contributed by atoms with Gasteiger partial charge in [-0.15, -0.1) is 0 Å². The number of esters is 1. The Morgan fingerprint density at radius 2 is 1.51 bits per heavy atom. The van der Waals surface area contributed by atoms with Gasteiger partial charge in [-0.25, -0.2) is 18.4 Å². The maximum atomic E-state index is 14.0. The van der Waals surface area contributed by atoms with E-state index >= 15 is 0 Å². The van der Waals surface area contributed by atoms with E-state index in [0.717, 1.165) is 23.1 Å². The minimum atomic E-state index is -1.18. The van der Waals surface area contributed by atoms with Crippen LogP contribution in [0.4, 0.5) is 30.6 Å². The number of carbonyl (C=O) groups excluding carboxylic acids is 4. The molecule has 0 heterocycles. The van der Waals surface area contributed by atoms with Gasteiger partial charge in [0.05, 0.1) is 17.8 Å². The highest BCUT2D eigenvalue weighted by molar-refractivity contribution is 6.02. The predicted molar refractivity (Wildman–Crippen MR) is 186 cm³/mol. The van der Waals surface area contributed by atoms with Crippen molar-refractivity contribution in [3.05, 3.63) is 108 Å². The lowest BCUT2D eigenvalue weighted by molar-refractivity contribution is -0.153. The normalized spacial score (nSPS) is 10.9. The Labute approximate surface area is 292 Å². The highest BCUT2D eigenvalue weighted by Crippen LogP contribution is 2.31. The number of halogens is 2. The molecule has 14 heteroatoms. The Kier molecular flexibility index (Phi) is 12.1. The summed E-state index contributed by atoms with van der Waals surface area (Å²) in [5, 5.41) is 14.0. The minimum Gasteiger partial charge on any atom is -0.484 e. The number of ether oxygens (including phenoxy) is 2. The number of anilines is 3. The molecule has 51 heavy (non-hydrogen) atoms. The molecule has 0 spiro atoms. The molecule has 0 saturated carbocycles. The first kappa shape index (κ1) is 37.5. The second-order valence-electron chi connectivity index (χ2n) is 12.2. The molecule has 4 rings (SSSR count). The molecule has 0 unspecified atom stereocenters. The largest absolute Gasteiger partial charge is 0.484 e. The van der Waals surface area contributed by atoms with Crippen LogP contribution in [0.3, 0.4) is 0 Å². The summed E-state index contributed by atoms with van der Waals surface area (Å²) in [5.41, 5.74) is 0.513. The zero-order valence-corrected chi connectivity index (χ0v) is 28.2. The van der Waals surface area contributed by atoms with Gasteiger partial charge in [0, 0.05) is 36.1 Å². The van der Waals surface area contributed by atoms with Crippen molar-refractivity contribution in [2.75, 3.05) is 41.9 Å². The second kappa shape index (κ2) is 16.4. The highest BCUT2D eigenvalue weighted by atomic mass is 19.1. The lowest BCUT2D eigenvalue weighted by atomic mass is 10.0. The van der Waals surface area contributed by atoms with Crippen molar-refractivity contribution in [1.82, 2.24) is 5.32 Å². The molecule has 0 bridgehead atoms. The molecule has 0 aliphatic rings. The first-order chi connectivity index (χ1) is 24.1. The molecule has 12 nitrogen and oxygen atoms in total. The van der Waals surface area contributed by atoms with E-state index in [1.807, 2.05) is 0 Å². The molecular weight excluding hydrogens is 666 g/mol. The third kappa shape index (κ3) is 10.8. The molecule has 0 aliphatic carbocycles. The van der Waals surface area contributed by atoms with E-state index < -0.39 is 66.7 Å². The molecule has 0 radical (unpaired) electrons. The molecule has 266 valence electrons. The van der Waals surface area contributed by atoms with Crippen LogP contribution in [0.15, 0.2) is 91.0 Å². The summed E-state index contributed by atoms with van der Waals surface area (Å²) in [6.45, 7) is 3.45. The fourth-order valence-corrected chi connectivity index (χ4v) is 4.82.